The van der Waals surface area contributed by atoms with Crippen molar-refractivity contribution < 1.29 is 23.8 Å². The zero-order valence-electron chi connectivity index (χ0n) is 12.9. The molecule has 120 valence electrons. The summed E-state index contributed by atoms with van der Waals surface area (Å²) < 4.78 is 24.5. The van der Waals surface area contributed by atoms with E-state index in [1.165, 1.54) is 19.2 Å². The van der Waals surface area contributed by atoms with E-state index in [0.29, 0.717) is 11.3 Å². The number of aliphatic carboxylic acids is 1. The molecule has 0 bridgehead atoms. The molecule has 0 atom stereocenters. The normalized spacial score (nSPS) is 11.3. The Kier molecular flexibility index (Phi) is 5.49. The molecule has 0 aliphatic carbocycles. The van der Waals surface area contributed by atoms with E-state index in [1.807, 2.05) is 13.0 Å². The monoisotopic (exact) mass is 316 g/mol. The van der Waals surface area contributed by atoms with Gasteiger partial charge >= 0.3 is 5.97 Å². The molecule has 0 fully saturated rings. The van der Waals surface area contributed by atoms with Crippen molar-refractivity contribution in [2.75, 3.05) is 13.9 Å². The summed E-state index contributed by atoms with van der Waals surface area (Å²) in [6, 6.07) is 11.3. The summed E-state index contributed by atoms with van der Waals surface area (Å²) in [5.74, 6) is -1.24. The lowest BCUT2D eigenvalue weighted by Gasteiger charge is -2.15. The van der Waals surface area contributed by atoms with Crippen LogP contribution in [0.15, 0.2) is 48.5 Å². The summed E-state index contributed by atoms with van der Waals surface area (Å²) in [6.45, 7) is 1.87. The quantitative estimate of drug-likeness (QED) is 0.653. The van der Waals surface area contributed by atoms with Crippen molar-refractivity contribution in [2.45, 2.75) is 6.92 Å². The Morgan fingerprint density at radius 3 is 2.61 bits per heavy atom. The van der Waals surface area contributed by atoms with Crippen LogP contribution in [0.3, 0.4) is 0 Å². The van der Waals surface area contributed by atoms with E-state index in [1.54, 1.807) is 24.3 Å². The first-order chi connectivity index (χ1) is 11.0. The van der Waals surface area contributed by atoms with Gasteiger partial charge in [-0.3, -0.25) is 0 Å². The lowest BCUT2D eigenvalue weighted by atomic mass is 9.95. The largest absolute Gasteiger partial charge is 0.478 e. The molecule has 1 N–H and O–H groups in total. The smallest absolute Gasteiger partial charge is 0.328 e. The van der Waals surface area contributed by atoms with Crippen molar-refractivity contribution in [3.63, 3.8) is 0 Å². The minimum atomic E-state index is -1.16. The average molecular weight is 316 g/mol. The molecular weight excluding hydrogens is 299 g/mol. The van der Waals surface area contributed by atoms with Gasteiger partial charge in [0.2, 0.25) is 0 Å². The number of carboxylic acids is 1. The number of benzene rings is 2. The number of hydrogen-bond acceptors (Lipinski definition) is 3. The van der Waals surface area contributed by atoms with Crippen LogP contribution in [-0.2, 0) is 9.53 Å². The highest BCUT2D eigenvalue weighted by Crippen LogP contribution is 2.33. The van der Waals surface area contributed by atoms with Gasteiger partial charge in [0.1, 0.15) is 11.6 Å². The van der Waals surface area contributed by atoms with Crippen LogP contribution in [-0.4, -0.2) is 25.0 Å². The molecule has 5 heteroatoms. The van der Waals surface area contributed by atoms with Gasteiger partial charge in [-0.15, -0.1) is 0 Å². The zero-order valence-corrected chi connectivity index (χ0v) is 12.9. The average Bonchev–Trinajstić information content (AvgIpc) is 2.52. The van der Waals surface area contributed by atoms with Crippen LogP contribution in [0.1, 0.15) is 16.7 Å². The molecule has 0 unspecified atom stereocenters. The standard InChI is InChI=1S/C18H17FO4/c1-12-7-8-17(23-11-22-2)15(9-12)14(10-18(20)21)13-5-3-4-6-16(13)19/h3-10H,11H2,1-2H3,(H,20,21)/b14-10-. The highest BCUT2D eigenvalue weighted by Gasteiger charge is 2.16. The van der Waals surface area contributed by atoms with Crippen LogP contribution in [0.5, 0.6) is 5.75 Å². The number of carboxylic acid groups (broad SMARTS) is 1. The Hall–Kier alpha value is -2.66. The van der Waals surface area contributed by atoms with Crippen LogP contribution in [0.2, 0.25) is 0 Å². The predicted octanol–water partition coefficient (Wildman–Crippen LogP) is 3.63. The van der Waals surface area contributed by atoms with Gasteiger partial charge in [0.25, 0.3) is 0 Å². The summed E-state index contributed by atoms with van der Waals surface area (Å²) in [4.78, 5) is 11.2. The molecule has 2 aromatic rings. The Morgan fingerprint density at radius 2 is 1.96 bits per heavy atom. The maximum absolute atomic E-state index is 14.2. The first-order valence-corrected chi connectivity index (χ1v) is 6.95. The minimum Gasteiger partial charge on any atom is -0.478 e. The van der Waals surface area contributed by atoms with Gasteiger partial charge in [-0.2, -0.15) is 0 Å². The molecule has 0 saturated heterocycles. The highest BCUT2D eigenvalue weighted by atomic mass is 19.1. The Balaban J connectivity index is 2.63. The second kappa shape index (κ2) is 7.56. The third-order valence-electron chi connectivity index (χ3n) is 3.19. The van der Waals surface area contributed by atoms with Crippen LogP contribution >= 0.6 is 0 Å². The molecule has 0 heterocycles. The molecule has 0 radical (unpaired) electrons. The Morgan fingerprint density at radius 1 is 1.22 bits per heavy atom. The molecule has 0 amide bonds. The predicted molar refractivity (Wildman–Crippen MR) is 84.8 cm³/mol. The van der Waals surface area contributed by atoms with Crippen molar-refractivity contribution in [3.05, 3.63) is 71.0 Å². The lowest BCUT2D eigenvalue weighted by Crippen LogP contribution is -2.04. The first kappa shape index (κ1) is 16.7. The van der Waals surface area contributed by atoms with E-state index in [4.69, 9.17) is 14.6 Å². The third-order valence-corrected chi connectivity index (χ3v) is 3.19. The number of rotatable bonds is 6. The zero-order chi connectivity index (χ0) is 16.8. The molecule has 0 aromatic heterocycles. The van der Waals surface area contributed by atoms with Crippen LogP contribution in [0.25, 0.3) is 5.57 Å². The van der Waals surface area contributed by atoms with E-state index in [2.05, 4.69) is 0 Å². The van der Waals surface area contributed by atoms with Crippen LogP contribution in [0, 0.1) is 12.7 Å². The van der Waals surface area contributed by atoms with E-state index < -0.39 is 11.8 Å². The molecule has 0 saturated carbocycles. The van der Waals surface area contributed by atoms with Gasteiger partial charge in [-0.05, 0) is 25.1 Å². The van der Waals surface area contributed by atoms with Gasteiger partial charge < -0.3 is 14.6 Å². The van der Waals surface area contributed by atoms with Gasteiger partial charge in [0.15, 0.2) is 6.79 Å². The van der Waals surface area contributed by atoms with Crippen molar-refractivity contribution in [1.82, 2.24) is 0 Å². The summed E-state index contributed by atoms with van der Waals surface area (Å²) in [7, 11) is 1.48. The van der Waals surface area contributed by atoms with E-state index in [0.717, 1.165) is 11.6 Å². The molecule has 0 aliphatic heterocycles. The van der Waals surface area contributed by atoms with Gasteiger partial charge in [-0.25, -0.2) is 9.18 Å². The van der Waals surface area contributed by atoms with Gasteiger partial charge in [0, 0.05) is 29.9 Å². The van der Waals surface area contributed by atoms with Crippen LogP contribution in [0.4, 0.5) is 4.39 Å². The number of methoxy groups -OCH3 is 1. The van der Waals surface area contributed by atoms with E-state index >= 15 is 0 Å². The number of halogens is 1. The molecule has 4 nitrogen and oxygen atoms in total. The first-order valence-electron chi connectivity index (χ1n) is 6.95. The van der Waals surface area contributed by atoms with Crippen molar-refractivity contribution in [1.29, 1.82) is 0 Å². The second-order valence-electron chi connectivity index (χ2n) is 4.93. The van der Waals surface area contributed by atoms with Gasteiger partial charge in [0.05, 0.1) is 0 Å². The maximum Gasteiger partial charge on any atom is 0.328 e. The molecule has 2 rings (SSSR count). The summed E-state index contributed by atoms with van der Waals surface area (Å²) in [6.07, 6.45) is 0.979. The lowest BCUT2D eigenvalue weighted by molar-refractivity contribution is -0.131. The number of carbonyl (C=O) groups is 1. The fourth-order valence-corrected chi connectivity index (χ4v) is 2.21. The fourth-order valence-electron chi connectivity index (χ4n) is 2.21. The molecule has 2 aromatic carbocycles. The number of aryl methyl sites for hydroxylation is 1. The summed E-state index contributed by atoms with van der Waals surface area (Å²) in [5, 5.41) is 9.17. The van der Waals surface area contributed by atoms with Crippen LogP contribution < -0.4 is 4.74 Å². The third kappa shape index (κ3) is 4.17. The number of ether oxygens (including phenoxy) is 2. The summed E-state index contributed by atoms with van der Waals surface area (Å²) in [5.41, 5.74) is 1.83. The van der Waals surface area contributed by atoms with E-state index in [-0.39, 0.29) is 17.9 Å². The highest BCUT2D eigenvalue weighted by molar-refractivity contribution is 5.96. The number of hydrogen-bond donors (Lipinski definition) is 1. The van der Waals surface area contributed by atoms with Crippen molar-refractivity contribution >= 4 is 11.5 Å². The fraction of sp³-hybridized carbons (Fsp3) is 0.167. The Labute approximate surface area is 133 Å². The van der Waals surface area contributed by atoms with Gasteiger partial charge in [-0.1, -0.05) is 29.8 Å². The molecular formula is C18H17FO4. The minimum absolute atomic E-state index is 0.00762. The van der Waals surface area contributed by atoms with Crippen molar-refractivity contribution in [2.24, 2.45) is 0 Å². The maximum atomic E-state index is 14.2. The second-order valence-corrected chi connectivity index (χ2v) is 4.93. The SMILES string of the molecule is COCOc1ccc(C)cc1/C(=C\C(=O)O)c1ccccc1F. The molecule has 0 spiro atoms. The molecule has 0 aliphatic rings. The Bertz CT molecular complexity index is 738. The topological polar surface area (TPSA) is 55.8 Å². The van der Waals surface area contributed by atoms with Crippen molar-refractivity contribution in [3.8, 4) is 5.75 Å². The van der Waals surface area contributed by atoms with E-state index in [9.17, 15) is 9.18 Å². The molecule has 23 heavy (non-hydrogen) atoms. The summed E-state index contributed by atoms with van der Waals surface area (Å²) >= 11 is 0.